The number of halogens is 1. The van der Waals surface area contributed by atoms with Crippen molar-refractivity contribution in [2.75, 3.05) is 11.4 Å². The van der Waals surface area contributed by atoms with Crippen LogP contribution in [0.2, 0.25) is 5.02 Å². The molecule has 0 unspecified atom stereocenters. The lowest BCUT2D eigenvalue weighted by atomic mass is 10.2. The lowest BCUT2D eigenvalue weighted by Gasteiger charge is -2.15. The zero-order chi connectivity index (χ0) is 20.4. The molecule has 0 radical (unpaired) electrons. The molecule has 1 aliphatic heterocycles. The molecule has 2 aromatic carbocycles. The second-order valence-electron chi connectivity index (χ2n) is 6.46. The van der Waals surface area contributed by atoms with Gasteiger partial charge < -0.3 is 9.42 Å². The zero-order valence-electron chi connectivity index (χ0n) is 15.2. The summed E-state index contributed by atoms with van der Waals surface area (Å²) in [6.45, 7) is 0.486. The Labute approximate surface area is 172 Å². The average molecular weight is 433 g/mol. The normalized spacial score (nSPS) is 14.5. The molecule has 0 saturated carbocycles. The van der Waals surface area contributed by atoms with Gasteiger partial charge in [-0.2, -0.15) is 4.98 Å². The Morgan fingerprint density at radius 1 is 1.14 bits per heavy atom. The molecule has 1 aromatic heterocycles. The predicted molar refractivity (Wildman–Crippen MR) is 107 cm³/mol. The fraction of sp³-hybridized carbons (Fsp3) is 0.211. The minimum atomic E-state index is -3.78. The van der Waals surface area contributed by atoms with E-state index in [0.717, 1.165) is 6.42 Å². The van der Waals surface area contributed by atoms with Crippen molar-refractivity contribution in [1.82, 2.24) is 14.9 Å². The molecule has 0 atom stereocenters. The Morgan fingerprint density at radius 2 is 1.90 bits per heavy atom. The van der Waals surface area contributed by atoms with E-state index < -0.39 is 10.0 Å². The molecule has 2 heterocycles. The van der Waals surface area contributed by atoms with E-state index in [4.69, 9.17) is 16.1 Å². The van der Waals surface area contributed by atoms with E-state index in [1.165, 1.54) is 12.1 Å². The van der Waals surface area contributed by atoms with Crippen molar-refractivity contribution in [2.24, 2.45) is 0 Å². The van der Waals surface area contributed by atoms with E-state index in [0.29, 0.717) is 29.2 Å². The molecule has 0 aliphatic carbocycles. The van der Waals surface area contributed by atoms with Gasteiger partial charge in [-0.05, 0) is 42.8 Å². The van der Waals surface area contributed by atoms with Gasteiger partial charge in [0.25, 0.3) is 0 Å². The van der Waals surface area contributed by atoms with Crippen molar-refractivity contribution < 1.29 is 17.7 Å². The smallest absolute Gasteiger partial charge is 0.242 e. The maximum atomic E-state index is 12.5. The van der Waals surface area contributed by atoms with Gasteiger partial charge in [-0.15, -0.1) is 0 Å². The molecule has 29 heavy (non-hydrogen) atoms. The van der Waals surface area contributed by atoms with Crippen LogP contribution in [0, 0.1) is 0 Å². The van der Waals surface area contributed by atoms with Gasteiger partial charge in [0.2, 0.25) is 27.6 Å². The molecule has 1 saturated heterocycles. The quantitative estimate of drug-likeness (QED) is 0.641. The number of amides is 1. The van der Waals surface area contributed by atoms with Crippen LogP contribution >= 0.6 is 11.6 Å². The summed E-state index contributed by atoms with van der Waals surface area (Å²) in [6.07, 6.45) is 1.32. The predicted octanol–water partition coefficient (Wildman–Crippen LogP) is 3.00. The van der Waals surface area contributed by atoms with E-state index in [1.807, 2.05) is 0 Å². The van der Waals surface area contributed by atoms with Crippen LogP contribution in [-0.4, -0.2) is 31.0 Å². The van der Waals surface area contributed by atoms with Crippen molar-refractivity contribution in [3.63, 3.8) is 0 Å². The number of aromatic nitrogens is 2. The molecule has 0 spiro atoms. The van der Waals surface area contributed by atoms with Crippen LogP contribution in [0.5, 0.6) is 0 Å². The van der Waals surface area contributed by atoms with Crippen LogP contribution in [0.15, 0.2) is 57.9 Å². The Kier molecular flexibility index (Phi) is 5.35. The maximum absolute atomic E-state index is 12.5. The molecular weight excluding hydrogens is 416 g/mol. The highest BCUT2D eigenvalue weighted by Crippen LogP contribution is 2.25. The molecule has 8 nitrogen and oxygen atoms in total. The first-order valence-electron chi connectivity index (χ1n) is 8.92. The zero-order valence-corrected chi connectivity index (χ0v) is 16.8. The van der Waals surface area contributed by atoms with Crippen LogP contribution in [0.4, 0.5) is 5.69 Å². The molecular formula is C19H17ClN4O4S. The van der Waals surface area contributed by atoms with Crippen LogP contribution in [0.25, 0.3) is 11.4 Å². The first kappa shape index (κ1) is 19.6. The Balaban J connectivity index is 1.44. The van der Waals surface area contributed by atoms with Gasteiger partial charge in [0.05, 0.1) is 16.5 Å². The number of nitrogens with one attached hydrogen (secondary N) is 1. The van der Waals surface area contributed by atoms with Crippen LogP contribution in [-0.2, 0) is 21.4 Å². The van der Waals surface area contributed by atoms with Crippen LogP contribution in [0.3, 0.4) is 0 Å². The largest absolute Gasteiger partial charge is 0.338 e. The highest BCUT2D eigenvalue weighted by molar-refractivity contribution is 7.89. The number of nitrogens with zero attached hydrogens (tertiary/aromatic N) is 3. The van der Waals surface area contributed by atoms with Crippen LogP contribution in [0.1, 0.15) is 18.7 Å². The molecule has 3 aromatic rings. The van der Waals surface area contributed by atoms with Gasteiger partial charge in [0.15, 0.2) is 0 Å². The van der Waals surface area contributed by atoms with E-state index in [-0.39, 0.29) is 29.1 Å². The third-order valence-electron chi connectivity index (χ3n) is 4.53. The summed E-state index contributed by atoms with van der Waals surface area (Å²) < 4.78 is 32.6. The second-order valence-corrected chi connectivity index (χ2v) is 8.63. The Morgan fingerprint density at radius 3 is 2.59 bits per heavy atom. The fourth-order valence-corrected chi connectivity index (χ4v) is 4.24. The number of hydrogen-bond donors (Lipinski definition) is 1. The number of carbonyl (C=O) groups is 1. The molecule has 1 N–H and O–H groups in total. The number of sulfonamides is 1. The molecule has 150 valence electrons. The fourth-order valence-electron chi connectivity index (χ4n) is 3.05. The van der Waals surface area contributed by atoms with Crippen molar-refractivity contribution in [2.45, 2.75) is 24.3 Å². The number of benzene rings is 2. The summed E-state index contributed by atoms with van der Waals surface area (Å²) in [5.74, 6) is 0.441. The highest BCUT2D eigenvalue weighted by atomic mass is 35.5. The minimum Gasteiger partial charge on any atom is -0.338 e. The summed E-state index contributed by atoms with van der Waals surface area (Å²) in [5.41, 5.74) is 1.28. The monoisotopic (exact) mass is 432 g/mol. The number of hydrogen-bond acceptors (Lipinski definition) is 6. The first-order valence-corrected chi connectivity index (χ1v) is 10.8. The van der Waals surface area contributed by atoms with E-state index in [9.17, 15) is 13.2 Å². The molecule has 1 fully saturated rings. The lowest BCUT2D eigenvalue weighted by Crippen LogP contribution is -2.25. The SMILES string of the molecule is O=C1CCCN1c1ccc(S(=O)(=O)NCc2nc(-c3ccccc3Cl)no2)cc1. The van der Waals surface area contributed by atoms with Gasteiger partial charge in [-0.1, -0.05) is 28.9 Å². The lowest BCUT2D eigenvalue weighted by molar-refractivity contribution is -0.117. The maximum Gasteiger partial charge on any atom is 0.242 e. The summed E-state index contributed by atoms with van der Waals surface area (Å²) in [7, 11) is -3.78. The summed E-state index contributed by atoms with van der Waals surface area (Å²) >= 11 is 6.11. The van der Waals surface area contributed by atoms with E-state index in [1.54, 1.807) is 41.3 Å². The third kappa shape index (κ3) is 4.16. The highest BCUT2D eigenvalue weighted by Gasteiger charge is 2.23. The van der Waals surface area contributed by atoms with Gasteiger partial charge in [0.1, 0.15) is 0 Å². The summed E-state index contributed by atoms with van der Waals surface area (Å²) in [6, 6.07) is 13.2. The van der Waals surface area contributed by atoms with Gasteiger partial charge in [0, 0.05) is 24.2 Å². The van der Waals surface area contributed by atoms with Crippen molar-refractivity contribution in [1.29, 1.82) is 0 Å². The average Bonchev–Trinajstić information content (AvgIpc) is 3.36. The number of rotatable bonds is 6. The standard InChI is InChI=1S/C19H17ClN4O4S/c20-16-5-2-1-4-15(16)19-22-17(28-23-19)12-21-29(26,27)14-9-7-13(8-10-14)24-11-3-6-18(24)25/h1-2,4-5,7-10,21H,3,6,11-12H2. The molecule has 1 aliphatic rings. The van der Waals surface area contributed by atoms with Gasteiger partial charge >= 0.3 is 0 Å². The second kappa shape index (κ2) is 7.94. The Bertz CT molecular complexity index is 1150. The van der Waals surface area contributed by atoms with Crippen molar-refractivity contribution in [3.05, 3.63) is 59.4 Å². The number of anilines is 1. The summed E-state index contributed by atoms with van der Waals surface area (Å²) in [5, 5.41) is 4.31. The molecule has 0 bridgehead atoms. The first-order chi connectivity index (χ1) is 13.9. The molecule has 1 amide bonds. The molecule has 10 heteroatoms. The van der Waals surface area contributed by atoms with E-state index >= 15 is 0 Å². The van der Waals surface area contributed by atoms with Gasteiger partial charge in [-0.3, -0.25) is 4.79 Å². The topological polar surface area (TPSA) is 105 Å². The van der Waals surface area contributed by atoms with Crippen LogP contribution < -0.4 is 9.62 Å². The summed E-state index contributed by atoms with van der Waals surface area (Å²) in [4.78, 5) is 17.7. The third-order valence-corrected chi connectivity index (χ3v) is 6.28. The van der Waals surface area contributed by atoms with Crippen molar-refractivity contribution >= 4 is 33.2 Å². The molecule has 4 rings (SSSR count). The number of carbonyl (C=O) groups excluding carboxylic acids is 1. The Hall–Kier alpha value is -2.75. The van der Waals surface area contributed by atoms with Crippen molar-refractivity contribution in [3.8, 4) is 11.4 Å². The van der Waals surface area contributed by atoms with E-state index in [2.05, 4.69) is 14.9 Å². The van der Waals surface area contributed by atoms with Gasteiger partial charge in [-0.25, -0.2) is 13.1 Å². The minimum absolute atomic E-state index is 0.0458.